The summed E-state index contributed by atoms with van der Waals surface area (Å²) in [7, 11) is 0. The lowest BCUT2D eigenvalue weighted by Gasteiger charge is -2.23. The van der Waals surface area contributed by atoms with E-state index in [0.29, 0.717) is 0 Å². The Morgan fingerprint density at radius 2 is 1.15 bits per heavy atom. The maximum absolute atomic E-state index is 15.1. The number of nitrogens with zero attached hydrogens (tertiary/aromatic N) is 4. The van der Waals surface area contributed by atoms with Crippen molar-refractivity contribution in [3.8, 4) is 24.3 Å². The van der Waals surface area contributed by atoms with Crippen LogP contribution in [0.25, 0.3) is 11.1 Å². The summed E-state index contributed by atoms with van der Waals surface area (Å²) < 4.78 is 41.6. The van der Waals surface area contributed by atoms with Crippen LogP contribution in [0.5, 0.6) is 0 Å². The molecule has 1 saturated heterocycles. The molecule has 0 saturated carbocycles. The predicted molar refractivity (Wildman–Crippen MR) is 87.4 cm³/mol. The normalized spacial score (nSPS) is 15.3. The lowest BCUT2D eigenvalue weighted by molar-refractivity contribution is -0.131. The van der Waals surface area contributed by atoms with Crippen LogP contribution in [0.15, 0.2) is 0 Å². The highest BCUT2D eigenvalue weighted by molar-refractivity contribution is 7.12. The molecule has 0 unspecified atom stereocenters. The summed E-state index contributed by atoms with van der Waals surface area (Å²) in [6, 6.07) is 6.55. The maximum Gasteiger partial charge on any atom is 0.231 e. The highest BCUT2D eigenvalue weighted by Gasteiger charge is 2.52. The van der Waals surface area contributed by atoms with Gasteiger partial charge in [0.1, 0.15) is 35.4 Å². The molecule has 130 valence electrons. The lowest BCUT2D eigenvalue weighted by Crippen LogP contribution is -2.30. The fourth-order valence-corrected chi connectivity index (χ4v) is 5.60. The van der Waals surface area contributed by atoms with E-state index >= 15 is 8.78 Å². The summed E-state index contributed by atoms with van der Waals surface area (Å²) >= 11 is 1.62. The van der Waals surface area contributed by atoms with Crippen LogP contribution in [0.2, 0.25) is 0 Å². The minimum Gasteiger partial charge on any atom is -0.340 e. The molecule has 1 aliphatic heterocycles. The van der Waals surface area contributed by atoms with E-state index in [9.17, 15) is 0 Å². The van der Waals surface area contributed by atoms with Gasteiger partial charge >= 0.3 is 0 Å². The zero-order valence-corrected chi connectivity index (χ0v) is 14.7. The minimum atomic E-state index is -1.85. The monoisotopic (exact) mass is 398 g/mol. The van der Waals surface area contributed by atoms with Crippen LogP contribution >= 0.6 is 22.7 Å². The van der Waals surface area contributed by atoms with E-state index in [0.717, 1.165) is 22.7 Å². The molecule has 0 bridgehead atoms. The molecule has 10 heteroatoms. The first-order valence-electron chi connectivity index (χ1n) is 7.32. The number of halogens is 2. The van der Waals surface area contributed by atoms with Crippen molar-refractivity contribution in [2.45, 2.75) is 5.79 Å². The molecule has 0 N–H and O–H groups in total. The van der Waals surface area contributed by atoms with Gasteiger partial charge in [-0.25, -0.2) is 8.78 Å². The van der Waals surface area contributed by atoms with Crippen LogP contribution in [0.1, 0.15) is 11.1 Å². The molecule has 1 spiro atoms. The summed E-state index contributed by atoms with van der Waals surface area (Å²) in [5, 5.41) is 36.3. The Labute approximate surface area is 157 Å². The standard InChI is InChI=1S/C17H4F2N4O2S2/c18-11-9-15(26-13(11)7(3-20)4-21)16-10(17(9)24-1-2-25-17)12(19)14(27-16)8(5-22)6-23/h1-2H2. The SMILES string of the molecule is N#CC(C#N)=c1sc2c(c1F)C1(OCCO1)c1c(F)c(=C(C#N)C#N)sc1=2. The molecule has 4 rings (SSSR count). The van der Waals surface area contributed by atoms with Crippen molar-refractivity contribution in [3.05, 3.63) is 40.9 Å². The Kier molecular flexibility index (Phi) is 3.82. The van der Waals surface area contributed by atoms with Gasteiger partial charge in [0.25, 0.3) is 0 Å². The van der Waals surface area contributed by atoms with E-state index in [1.807, 2.05) is 0 Å². The topological polar surface area (TPSA) is 114 Å². The Morgan fingerprint density at radius 3 is 1.48 bits per heavy atom. The third-order valence-electron chi connectivity index (χ3n) is 4.16. The van der Waals surface area contributed by atoms with Gasteiger partial charge in [-0.1, -0.05) is 0 Å². The molecular formula is C17H4F2N4O2S2. The molecule has 0 amide bonds. The van der Waals surface area contributed by atoms with Crippen molar-refractivity contribution in [2.75, 3.05) is 13.2 Å². The summed E-state index contributed by atoms with van der Waals surface area (Å²) in [4.78, 5) is 0. The van der Waals surface area contributed by atoms with Crippen LogP contribution in [-0.2, 0) is 15.3 Å². The highest BCUT2D eigenvalue weighted by Crippen LogP contribution is 2.47. The second-order valence-corrected chi connectivity index (χ2v) is 7.45. The number of nitriles is 4. The third kappa shape index (κ3) is 2.04. The Hall–Kier alpha value is -3.12. The van der Waals surface area contributed by atoms with Gasteiger partial charge in [-0.05, 0) is 0 Å². The van der Waals surface area contributed by atoms with Crippen LogP contribution in [0.3, 0.4) is 0 Å². The zero-order chi connectivity index (χ0) is 19.3. The van der Waals surface area contributed by atoms with Gasteiger partial charge in [-0.3, -0.25) is 0 Å². The molecule has 1 fully saturated rings. The zero-order valence-electron chi connectivity index (χ0n) is 13.1. The van der Waals surface area contributed by atoms with Crippen molar-refractivity contribution in [3.63, 3.8) is 0 Å². The molecule has 3 heterocycles. The number of hydrogen-bond donors (Lipinski definition) is 0. The second kappa shape index (κ2) is 5.96. The quantitative estimate of drug-likeness (QED) is 0.662. The van der Waals surface area contributed by atoms with E-state index in [1.54, 1.807) is 24.3 Å². The van der Waals surface area contributed by atoms with Crippen LogP contribution < -0.4 is 9.06 Å². The molecule has 1 aliphatic carbocycles. The Morgan fingerprint density at radius 1 is 0.778 bits per heavy atom. The number of thiophene rings is 2. The van der Waals surface area contributed by atoms with Crippen molar-refractivity contribution >= 4 is 33.8 Å². The number of ether oxygens (including phenoxy) is 2. The number of fused-ring (bicyclic) bond motifs is 4. The fraction of sp³-hybridized carbons (Fsp3) is 0.176. The van der Waals surface area contributed by atoms with E-state index in [-0.39, 0.29) is 42.5 Å². The fourth-order valence-electron chi connectivity index (χ4n) is 3.13. The van der Waals surface area contributed by atoms with E-state index in [2.05, 4.69) is 0 Å². The molecule has 2 aromatic heterocycles. The molecule has 2 aromatic rings. The van der Waals surface area contributed by atoms with Crippen molar-refractivity contribution in [2.24, 2.45) is 0 Å². The van der Waals surface area contributed by atoms with Gasteiger partial charge < -0.3 is 9.47 Å². The molecule has 6 nitrogen and oxygen atoms in total. The molecule has 27 heavy (non-hydrogen) atoms. The first kappa shape index (κ1) is 17.3. The van der Waals surface area contributed by atoms with Crippen molar-refractivity contribution in [1.82, 2.24) is 0 Å². The van der Waals surface area contributed by atoms with Crippen molar-refractivity contribution in [1.29, 1.82) is 21.0 Å². The summed E-state index contributed by atoms with van der Waals surface area (Å²) in [6.45, 7) is 0.155. The van der Waals surface area contributed by atoms with Crippen LogP contribution in [0, 0.1) is 66.0 Å². The summed E-state index contributed by atoms with van der Waals surface area (Å²) in [6.07, 6.45) is 0. The first-order valence-corrected chi connectivity index (χ1v) is 8.96. The molecule has 0 aromatic carbocycles. The average molecular weight is 398 g/mol. The highest BCUT2D eigenvalue weighted by atomic mass is 32.1. The average Bonchev–Trinajstić information content (AvgIpc) is 3.40. The summed E-state index contributed by atoms with van der Waals surface area (Å²) in [5.74, 6) is -3.60. The number of rotatable bonds is 0. The van der Waals surface area contributed by atoms with Crippen molar-refractivity contribution < 1.29 is 18.3 Å². The van der Waals surface area contributed by atoms with Gasteiger partial charge in [0.2, 0.25) is 5.79 Å². The van der Waals surface area contributed by atoms with E-state index in [4.69, 9.17) is 30.5 Å². The van der Waals surface area contributed by atoms with Gasteiger partial charge in [-0.15, -0.1) is 22.7 Å². The van der Waals surface area contributed by atoms with Gasteiger partial charge in [0.05, 0.1) is 42.5 Å². The Bertz CT molecular complexity index is 1270. The second-order valence-electron chi connectivity index (χ2n) is 5.41. The largest absolute Gasteiger partial charge is 0.340 e. The van der Waals surface area contributed by atoms with Gasteiger partial charge in [0.15, 0.2) is 11.6 Å². The summed E-state index contributed by atoms with van der Waals surface area (Å²) in [5.41, 5.74) is -0.990. The molecule has 0 radical (unpaired) electrons. The molecule has 2 aliphatic rings. The predicted octanol–water partition coefficient (Wildman–Crippen LogP) is 1.33. The van der Waals surface area contributed by atoms with Crippen LogP contribution in [-0.4, -0.2) is 13.2 Å². The molecular weight excluding hydrogens is 394 g/mol. The lowest BCUT2D eigenvalue weighted by atomic mass is 10.0. The van der Waals surface area contributed by atoms with Gasteiger partial charge in [0, 0.05) is 0 Å². The minimum absolute atomic E-state index is 0.0776. The van der Waals surface area contributed by atoms with E-state index < -0.39 is 28.6 Å². The maximum atomic E-state index is 15.1. The third-order valence-corrected chi connectivity index (χ3v) is 6.69. The smallest absolute Gasteiger partial charge is 0.231 e. The van der Waals surface area contributed by atoms with E-state index in [1.165, 1.54) is 0 Å². The Balaban J connectivity index is 2.32. The van der Waals surface area contributed by atoms with Gasteiger partial charge in [-0.2, -0.15) is 21.0 Å². The molecule has 0 atom stereocenters. The van der Waals surface area contributed by atoms with Crippen LogP contribution in [0.4, 0.5) is 8.78 Å². The number of hydrogen-bond acceptors (Lipinski definition) is 8. The first-order chi connectivity index (χ1) is 13.0.